The molecule has 0 aromatic heterocycles. The fourth-order valence-corrected chi connectivity index (χ4v) is 3.78. The molecule has 1 aliphatic heterocycles. The van der Waals surface area contributed by atoms with Gasteiger partial charge in [-0.2, -0.15) is 0 Å². The van der Waals surface area contributed by atoms with E-state index < -0.39 is 8.32 Å². The van der Waals surface area contributed by atoms with Crippen LogP contribution in [0.2, 0.25) is 18.1 Å². The normalized spacial score (nSPS) is 15.6. The zero-order valence-corrected chi connectivity index (χ0v) is 16.1. The van der Waals surface area contributed by atoms with Crippen LogP contribution in [0.25, 0.3) is 0 Å². The molecule has 2 rings (SSSR count). The average Bonchev–Trinajstić information content (AvgIpc) is 2.36. The molecule has 116 valence electrons. The smallest absolute Gasteiger partial charge is 0.251 e. The summed E-state index contributed by atoms with van der Waals surface area (Å²) in [5, 5.41) is 3.09. The average molecular weight is 370 g/mol. The van der Waals surface area contributed by atoms with Crippen LogP contribution in [0.15, 0.2) is 16.6 Å². The van der Waals surface area contributed by atoms with Crippen LogP contribution in [-0.2, 0) is 17.5 Å². The molecule has 3 nitrogen and oxygen atoms in total. The van der Waals surface area contributed by atoms with Crippen molar-refractivity contribution in [1.29, 1.82) is 0 Å². The standard InChI is InChI=1S/C16H24BrNO2Si/c1-16(2,3)21(4,5)20-10-11-8-13-12(14(17)9-11)6-7-18-15(13)19/h8-9H,6-7,10H2,1-5H3,(H,18,19). The second-order valence-electron chi connectivity index (χ2n) is 7.16. The van der Waals surface area contributed by atoms with Crippen LogP contribution in [0, 0.1) is 0 Å². The molecule has 0 fully saturated rings. The number of halogens is 1. The number of hydrogen-bond donors (Lipinski definition) is 1. The first-order chi connectivity index (χ1) is 9.62. The SMILES string of the molecule is CC(C)(C)[Si](C)(C)OCc1cc(Br)c2c(c1)C(=O)NCC2. The first-order valence-electron chi connectivity index (χ1n) is 7.35. The molecular weight excluding hydrogens is 346 g/mol. The monoisotopic (exact) mass is 369 g/mol. The molecule has 0 saturated heterocycles. The summed E-state index contributed by atoms with van der Waals surface area (Å²) in [7, 11) is -1.77. The van der Waals surface area contributed by atoms with Gasteiger partial charge in [-0.15, -0.1) is 0 Å². The van der Waals surface area contributed by atoms with Gasteiger partial charge in [-0.25, -0.2) is 0 Å². The zero-order chi connectivity index (χ0) is 15.8. The largest absolute Gasteiger partial charge is 0.413 e. The third-order valence-corrected chi connectivity index (χ3v) is 9.75. The Kier molecular flexibility index (Phi) is 4.66. The quantitative estimate of drug-likeness (QED) is 0.808. The van der Waals surface area contributed by atoms with Crippen LogP contribution in [0.3, 0.4) is 0 Å². The minimum absolute atomic E-state index is 0.0196. The van der Waals surface area contributed by atoms with Crippen LogP contribution < -0.4 is 5.32 Å². The van der Waals surface area contributed by atoms with E-state index in [2.05, 4.69) is 61.2 Å². The summed E-state index contributed by atoms with van der Waals surface area (Å²) in [5.41, 5.74) is 2.95. The summed E-state index contributed by atoms with van der Waals surface area (Å²) in [6.07, 6.45) is 0.880. The Morgan fingerprint density at radius 2 is 2.00 bits per heavy atom. The Hall–Kier alpha value is -0.653. The van der Waals surface area contributed by atoms with E-state index in [4.69, 9.17) is 4.43 Å². The maximum atomic E-state index is 12.0. The molecule has 0 unspecified atom stereocenters. The number of carbonyl (C=O) groups excluding carboxylic acids is 1. The van der Waals surface area contributed by atoms with E-state index in [0.29, 0.717) is 13.2 Å². The van der Waals surface area contributed by atoms with Gasteiger partial charge in [-0.1, -0.05) is 36.7 Å². The number of fused-ring (bicyclic) bond motifs is 1. The van der Waals surface area contributed by atoms with Crippen molar-refractivity contribution in [2.75, 3.05) is 6.54 Å². The van der Waals surface area contributed by atoms with Gasteiger partial charge in [-0.05, 0) is 47.8 Å². The summed E-state index contributed by atoms with van der Waals surface area (Å²) in [6.45, 7) is 12.5. The van der Waals surface area contributed by atoms with Crippen molar-refractivity contribution in [2.45, 2.75) is 51.9 Å². The Balaban J connectivity index is 2.21. The minimum atomic E-state index is -1.77. The van der Waals surface area contributed by atoms with Crippen LogP contribution in [0.5, 0.6) is 0 Å². The van der Waals surface area contributed by atoms with Crippen molar-refractivity contribution in [3.8, 4) is 0 Å². The molecule has 0 saturated carbocycles. The molecule has 1 aromatic carbocycles. The minimum Gasteiger partial charge on any atom is -0.413 e. The van der Waals surface area contributed by atoms with Crippen LogP contribution >= 0.6 is 15.9 Å². The van der Waals surface area contributed by atoms with Gasteiger partial charge in [0.1, 0.15) is 0 Å². The Morgan fingerprint density at radius 1 is 1.33 bits per heavy atom. The highest BCUT2D eigenvalue weighted by Crippen LogP contribution is 2.37. The van der Waals surface area contributed by atoms with Crippen molar-refractivity contribution >= 4 is 30.2 Å². The van der Waals surface area contributed by atoms with E-state index in [1.807, 2.05) is 6.07 Å². The van der Waals surface area contributed by atoms with Crippen LogP contribution in [-0.4, -0.2) is 20.8 Å². The van der Waals surface area contributed by atoms with E-state index in [-0.39, 0.29) is 10.9 Å². The molecule has 1 aliphatic rings. The van der Waals surface area contributed by atoms with Gasteiger partial charge in [-0.3, -0.25) is 4.79 Å². The highest BCUT2D eigenvalue weighted by molar-refractivity contribution is 9.10. The Bertz CT molecular complexity index is 564. The summed E-state index contributed by atoms with van der Waals surface area (Å²) in [4.78, 5) is 12.0. The molecule has 0 spiro atoms. The molecule has 1 amide bonds. The maximum Gasteiger partial charge on any atom is 0.251 e. The molecular formula is C16H24BrNO2Si. The Morgan fingerprint density at radius 3 is 2.62 bits per heavy atom. The third-order valence-electron chi connectivity index (χ3n) is 4.57. The molecule has 1 heterocycles. The summed E-state index contributed by atoms with van der Waals surface area (Å²) in [6, 6.07) is 4.06. The van der Waals surface area contributed by atoms with E-state index in [9.17, 15) is 4.79 Å². The third kappa shape index (κ3) is 3.58. The highest BCUT2D eigenvalue weighted by Gasteiger charge is 2.37. The van der Waals surface area contributed by atoms with Gasteiger partial charge in [0.25, 0.3) is 5.91 Å². The molecule has 5 heteroatoms. The lowest BCUT2D eigenvalue weighted by Crippen LogP contribution is -2.40. The number of hydrogen-bond acceptors (Lipinski definition) is 2. The predicted molar refractivity (Wildman–Crippen MR) is 92.2 cm³/mol. The highest BCUT2D eigenvalue weighted by atomic mass is 79.9. The van der Waals surface area contributed by atoms with Crippen molar-refractivity contribution in [1.82, 2.24) is 5.32 Å². The van der Waals surface area contributed by atoms with E-state index in [0.717, 1.165) is 27.6 Å². The van der Waals surface area contributed by atoms with Gasteiger partial charge in [0.05, 0.1) is 6.61 Å². The first-order valence-corrected chi connectivity index (χ1v) is 11.1. The second-order valence-corrected chi connectivity index (χ2v) is 12.8. The molecule has 0 aliphatic carbocycles. The number of amides is 1. The summed E-state index contributed by atoms with van der Waals surface area (Å²) in [5.74, 6) is 0.0196. The number of nitrogens with one attached hydrogen (secondary N) is 1. The van der Waals surface area contributed by atoms with Crippen molar-refractivity contribution < 1.29 is 9.22 Å². The summed E-state index contributed by atoms with van der Waals surface area (Å²) < 4.78 is 7.26. The molecule has 0 atom stereocenters. The van der Waals surface area contributed by atoms with Crippen molar-refractivity contribution in [3.63, 3.8) is 0 Å². The Labute approximate surface area is 136 Å². The van der Waals surface area contributed by atoms with Crippen LogP contribution in [0.1, 0.15) is 42.3 Å². The van der Waals surface area contributed by atoms with Gasteiger partial charge < -0.3 is 9.74 Å². The number of carbonyl (C=O) groups is 1. The zero-order valence-electron chi connectivity index (χ0n) is 13.5. The fourth-order valence-electron chi connectivity index (χ4n) is 2.11. The maximum absolute atomic E-state index is 12.0. The lowest BCUT2D eigenvalue weighted by atomic mass is 9.98. The summed E-state index contributed by atoms with van der Waals surface area (Å²) >= 11 is 3.60. The molecule has 0 radical (unpaired) electrons. The predicted octanol–water partition coefficient (Wildman–Crippen LogP) is 4.26. The molecule has 0 bridgehead atoms. The van der Waals surface area contributed by atoms with E-state index in [1.165, 1.54) is 0 Å². The van der Waals surface area contributed by atoms with Gasteiger partial charge in [0, 0.05) is 16.6 Å². The van der Waals surface area contributed by atoms with Gasteiger partial charge in [0.15, 0.2) is 8.32 Å². The lowest BCUT2D eigenvalue weighted by molar-refractivity contribution is 0.0945. The van der Waals surface area contributed by atoms with Crippen molar-refractivity contribution in [2.24, 2.45) is 0 Å². The fraction of sp³-hybridized carbons (Fsp3) is 0.562. The van der Waals surface area contributed by atoms with Gasteiger partial charge in [0.2, 0.25) is 0 Å². The number of rotatable bonds is 3. The van der Waals surface area contributed by atoms with Crippen LogP contribution in [0.4, 0.5) is 0 Å². The van der Waals surface area contributed by atoms with E-state index >= 15 is 0 Å². The number of benzene rings is 1. The van der Waals surface area contributed by atoms with Gasteiger partial charge >= 0.3 is 0 Å². The first kappa shape index (κ1) is 16.7. The van der Waals surface area contributed by atoms with E-state index in [1.54, 1.807) is 0 Å². The molecule has 21 heavy (non-hydrogen) atoms. The van der Waals surface area contributed by atoms with Crippen molar-refractivity contribution in [3.05, 3.63) is 33.3 Å². The second kappa shape index (κ2) is 5.86. The topological polar surface area (TPSA) is 38.3 Å². The molecule has 1 N–H and O–H groups in total. The lowest BCUT2D eigenvalue weighted by Gasteiger charge is -2.36. The molecule has 1 aromatic rings.